The normalized spacial score (nSPS) is 13.6. The fourth-order valence-electron chi connectivity index (χ4n) is 9.88. The van der Waals surface area contributed by atoms with E-state index in [1.807, 2.05) is 6.20 Å². The van der Waals surface area contributed by atoms with Gasteiger partial charge < -0.3 is 4.74 Å². The molecule has 6 heteroatoms. The van der Waals surface area contributed by atoms with E-state index < -0.39 is 8.07 Å². The Bertz CT molecular complexity index is 3330. The molecule has 2 aromatic heterocycles. The summed E-state index contributed by atoms with van der Waals surface area (Å²) < 4.78 is 11.6. The minimum absolute atomic E-state index is 0.0219. The van der Waals surface area contributed by atoms with Crippen molar-refractivity contribution < 1.29 is 9.30 Å². The van der Waals surface area contributed by atoms with Crippen LogP contribution in [0.25, 0.3) is 44.7 Å². The first-order valence-electron chi connectivity index (χ1n) is 24.0. The van der Waals surface area contributed by atoms with Crippen molar-refractivity contribution in [2.45, 2.75) is 91.7 Å². The summed E-state index contributed by atoms with van der Waals surface area (Å²) in [6, 6.07) is 61.9. The van der Waals surface area contributed by atoms with Gasteiger partial charge in [-0.1, -0.05) is 185 Å². The van der Waals surface area contributed by atoms with E-state index in [-0.39, 0.29) is 16.2 Å². The van der Waals surface area contributed by atoms with Crippen LogP contribution in [0.5, 0.6) is 11.5 Å². The van der Waals surface area contributed by atoms with E-state index in [0.717, 1.165) is 45.4 Å². The van der Waals surface area contributed by atoms with E-state index in [0.29, 0.717) is 0 Å². The monoisotopic (exact) mass is 907 g/mol. The van der Waals surface area contributed by atoms with Crippen LogP contribution in [0.3, 0.4) is 0 Å². The lowest BCUT2D eigenvalue weighted by molar-refractivity contribution is -0.566. The second-order valence-electron chi connectivity index (χ2n) is 22.1. The molecule has 0 spiro atoms. The van der Waals surface area contributed by atoms with Crippen molar-refractivity contribution in [1.82, 2.24) is 9.55 Å². The maximum Gasteiger partial charge on any atom is 0.255 e. The van der Waals surface area contributed by atoms with Crippen LogP contribution in [0.15, 0.2) is 182 Å². The Morgan fingerprint density at radius 1 is 0.500 bits per heavy atom. The van der Waals surface area contributed by atoms with Crippen molar-refractivity contribution in [3.8, 4) is 45.1 Å². The molecule has 0 amide bonds. The molecule has 0 saturated heterocycles. The highest BCUT2D eigenvalue weighted by Gasteiger charge is 2.39. The number of rotatable bonds is 7. The third-order valence-electron chi connectivity index (χ3n) is 13.8. The molecule has 10 rings (SSSR count). The molecule has 3 heterocycles. The molecule has 0 N–H and O–H groups in total. The molecule has 1 aliphatic rings. The van der Waals surface area contributed by atoms with Gasteiger partial charge >= 0.3 is 0 Å². The molecule has 0 radical (unpaired) electrons. The van der Waals surface area contributed by atoms with Crippen LogP contribution in [-0.2, 0) is 16.2 Å². The highest BCUT2D eigenvalue weighted by atomic mass is 28.3. The number of ether oxygens (including phenoxy) is 1. The fraction of sp³-hybridized carbons (Fsp3) is 0.226. The average molecular weight is 908 g/mol. The number of imidazole rings is 1. The van der Waals surface area contributed by atoms with E-state index in [4.69, 9.17) is 9.72 Å². The highest BCUT2D eigenvalue weighted by molar-refractivity contribution is 7.02. The maximum atomic E-state index is 6.91. The number of fused-ring (bicyclic) bond motifs is 3. The first-order valence-corrected chi connectivity index (χ1v) is 27.0. The molecule has 0 aliphatic carbocycles. The van der Waals surface area contributed by atoms with Gasteiger partial charge in [-0.2, -0.15) is 9.13 Å². The van der Waals surface area contributed by atoms with Crippen molar-refractivity contribution in [3.05, 3.63) is 199 Å². The van der Waals surface area contributed by atoms with Crippen molar-refractivity contribution >= 4 is 46.7 Å². The van der Waals surface area contributed by atoms with Crippen molar-refractivity contribution in [2.75, 3.05) is 4.90 Å². The summed E-state index contributed by atoms with van der Waals surface area (Å²) in [5.74, 6) is 2.46. The van der Waals surface area contributed by atoms with Crippen LogP contribution in [0.1, 0.15) is 79.0 Å². The Morgan fingerprint density at radius 3 is 1.84 bits per heavy atom. The van der Waals surface area contributed by atoms with E-state index >= 15 is 0 Å². The van der Waals surface area contributed by atoms with Crippen LogP contribution in [0.4, 0.5) is 17.2 Å². The predicted molar refractivity (Wildman–Crippen MR) is 288 cm³/mol. The number of hydrogen-bond donors (Lipinski definition) is 0. The van der Waals surface area contributed by atoms with Gasteiger partial charge in [0.05, 0.1) is 5.69 Å². The standard InChI is InChI=1S/C62H63N4OSi/c1-60(2,3)44-33-34-63-58(38-44)66-54-29-17-18-30-56(54)68(10,11)57-32-31-49(40-55(57)66)67-48-24-19-23-47(39-48)64-41-65(53-28-16-15-27-52(53)64)59-50(42-21-13-12-14-22-42)25-20-26-51(59)43-35-45(61(4,5)6)37-46(36-43)62(7,8)9/h12-41H,1-11H3/q+1. The van der Waals surface area contributed by atoms with Gasteiger partial charge in [-0.05, 0) is 103 Å². The first kappa shape index (κ1) is 44.8. The Labute approximate surface area is 404 Å². The molecule has 9 aromatic rings. The molecule has 0 bridgehead atoms. The zero-order chi connectivity index (χ0) is 47.8. The SMILES string of the molecule is CC(C)(C)c1cc(-c2cccc(-c3ccccc3)c2-[n+]2cn(-c3cccc(Oc4ccc5c(c4)N(c4cc(C(C)(C)C)ccn4)c4ccccc4[Si]5(C)C)c3)c3ccccc32)cc(C(C)(C)C)c1. The molecule has 0 fully saturated rings. The Hall–Kier alpha value is -7.02. The Kier molecular flexibility index (Phi) is 11.0. The summed E-state index contributed by atoms with van der Waals surface area (Å²) in [6.07, 6.45) is 4.21. The quantitative estimate of drug-likeness (QED) is 0.118. The van der Waals surface area contributed by atoms with Gasteiger partial charge in [0.25, 0.3) is 6.33 Å². The van der Waals surface area contributed by atoms with Crippen LogP contribution in [0.2, 0.25) is 13.1 Å². The van der Waals surface area contributed by atoms with Crippen LogP contribution in [0, 0.1) is 0 Å². The lowest BCUT2D eigenvalue weighted by atomic mass is 9.78. The summed E-state index contributed by atoms with van der Waals surface area (Å²) in [6.45, 7) is 25.5. The van der Waals surface area contributed by atoms with Crippen molar-refractivity contribution in [1.29, 1.82) is 0 Å². The smallest absolute Gasteiger partial charge is 0.255 e. The summed E-state index contributed by atoms with van der Waals surface area (Å²) in [4.78, 5) is 7.34. The third kappa shape index (κ3) is 8.15. The molecule has 68 heavy (non-hydrogen) atoms. The largest absolute Gasteiger partial charge is 0.457 e. The summed E-state index contributed by atoms with van der Waals surface area (Å²) in [5, 5.41) is 2.76. The number of anilines is 3. The van der Waals surface area contributed by atoms with Crippen molar-refractivity contribution in [3.63, 3.8) is 0 Å². The summed E-state index contributed by atoms with van der Waals surface area (Å²) in [5.41, 5.74) is 15.2. The molecule has 7 aromatic carbocycles. The lowest BCUT2D eigenvalue weighted by Gasteiger charge is -2.40. The van der Waals surface area contributed by atoms with Gasteiger partial charge in [0.2, 0.25) is 0 Å². The maximum absolute atomic E-state index is 6.91. The minimum atomic E-state index is -2.08. The summed E-state index contributed by atoms with van der Waals surface area (Å²) >= 11 is 0. The van der Waals surface area contributed by atoms with Gasteiger partial charge in [-0.15, -0.1) is 0 Å². The highest BCUT2D eigenvalue weighted by Crippen LogP contribution is 2.42. The zero-order valence-corrected chi connectivity index (χ0v) is 42.5. The number of para-hydroxylation sites is 4. The van der Waals surface area contributed by atoms with Crippen LogP contribution >= 0.6 is 0 Å². The molecule has 340 valence electrons. The van der Waals surface area contributed by atoms with Gasteiger partial charge in [-0.25, -0.2) is 4.98 Å². The number of benzene rings is 7. The van der Waals surface area contributed by atoms with Crippen LogP contribution < -0.4 is 24.6 Å². The molecule has 0 atom stereocenters. The second kappa shape index (κ2) is 16.6. The minimum Gasteiger partial charge on any atom is -0.457 e. The predicted octanol–water partition coefficient (Wildman–Crippen LogP) is 14.9. The van der Waals surface area contributed by atoms with E-state index in [1.165, 1.54) is 55.0 Å². The van der Waals surface area contributed by atoms with Gasteiger partial charge in [0, 0.05) is 35.1 Å². The van der Waals surface area contributed by atoms with E-state index in [1.54, 1.807) is 0 Å². The fourth-order valence-corrected chi connectivity index (χ4v) is 12.8. The molecule has 5 nitrogen and oxygen atoms in total. The van der Waals surface area contributed by atoms with Crippen molar-refractivity contribution in [2.24, 2.45) is 0 Å². The third-order valence-corrected chi connectivity index (χ3v) is 17.4. The number of hydrogen-bond acceptors (Lipinski definition) is 3. The Balaban J connectivity index is 1.10. The topological polar surface area (TPSA) is 34.2 Å². The summed E-state index contributed by atoms with van der Waals surface area (Å²) in [7, 11) is -2.08. The second-order valence-corrected chi connectivity index (χ2v) is 26.4. The van der Waals surface area contributed by atoms with E-state index in [2.05, 4.69) is 266 Å². The Morgan fingerprint density at radius 2 is 1.12 bits per heavy atom. The molecule has 1 aliphatic heterocycles. The van der Waals surface area contributed by atoms with E-state index in [9.17, 15) is 0 Å². The number of nitrogens with zero attached hydrogens (tertiary/aromatic N) is 4. The number of pyridine rings is 1. The number of aromatic nitrogens is 3. The molecule has 0 saturated carbocycles. The van der Waals surface area contributed by atoms with Gasteiger partial charge in [0.15, 0.2) is 11.0 Å². The molecular formula is C62H63N4OSi+. The van der Waals surface area contributed by atoms with Crippen LogP contribution in [-0.4, -0.2) is 17.6 Å². The lowest BCUT2D eigenvalue weighted by Crippen LogP contribution is -2.58. The van der Waals surface area contributed by atoms with Gasteiger partial charge in [0.1, 0.15) is 36.8 Å². The average Bonchev–Trinajstić information content (AvgIpc) is 3.70. The molecular weight excluding hydrogens is 845 g/mol. The first-order chi connectivity index (χ1) is 32.4. The molecule has 0 unspecified atom stereocenters. The van der Waals surface area contributed by atoms with Gasteiger partial charge in [-0.3, -0.25) is 4.90 Å². The zero-order valence-electron chi connectivity index (χ0n) is 41.5.